The Kier molecular flexibility index (Phi) is 2.99. The van der Waals surface area contributed by atoms with Gasteiger partial charge in [0, 0.05) is 6.61 Å². The zero-order valence-electron chi connectivity index (χ0n) is 8.35. The predicted octanol–water partition coefficient (Wildman–Crippen LogP) is 0.754. The number of amides is 1. The van der Waals surface area contributed by atoms with Crippen LogP contribution in [0.3, 0.4) is 0 Å². The van der Waals surface area contributed by atoms with Gasteiger partial charge >= 0.3 is 0 Å². The van der Waals surface area contributed by atoms with E-state index in [4.69, 9.17) is 10.6 Å². The molecule has 80 valence electrons. The summed E-state index contributed by atoms with van der Waals surface area (Å²) in [6.45, 7) is 0.609. The Hall–Kier alpha value is -1.39. The molecule has 1 aromatic rings. The molecule has 1 aromatic carbocycles. The summed E-state index contributed by atoms with van der Waals surface area (Å²) < 4.78 is 5.56. The van der Waals surface area contributed by atoms with Gasteiger partial charge in [-0.05, 0) is 12.0 Å². The minimum absolute atomic E-state index is 0.152. The summed E-state index contributed by atoms with van der Waals surface area (Å²) in [6.07, 6.45) is 0.567. The smallest absolute Gasteiger partial charge is 0.240 e. The van der Waals surface area contributed by atoms with Crippen LogP contribution in [0.15, 0.2) is 30.3 Å². The molecule has 0 unspecified atom stereocenters. The molecule has 1 saturated heterocycles. The van der Waals surface area contributed by atoms with Crippen LogP contribution in [0.5, 0.6) is 0 Å². The molecule has 0 bridgehead atoms. The zero-order valence-corrected chi connectivity index (χ0v) is 8.35. The maximum absolute atomic E-state index is 11.5. The number of rotatable bonds is 2. The first-order valence-electron chi connectivity index (χ1n) is 5.00. The van der Waals surface area contributed by atoms with Gasteiger partial charge in [0.25, 0.3) is 0 Å². The minimum Gasteiger partial charge on any atom is -0.373 e. The topological polar surface area (TPSA) is 64.3 Å². The highest BCUT2D eigenvalue weighted by molar-refractivity contribution is 5.79. The van der Waals surface area contributed by atoms with Crippen molar-refractivity contribution in [2.45, 2.75) is 12.5 Å². The average Bonchev–Trinajstić information content (AvgIpc) is 2.78. The van der Waals surface area contributed by atoms with Crippen molar-refractivity contribution in [2.24, 2.45) is 11.8 Å². The molecule has 0 saturated carbocycles. The van der Waals surface area contributed by atoms with Gasteiger partial charge in [-0.3, -0.25) is 10.2 Å². The summed E-state index contributed by atoms with van der Waals surface area (Å²) in [5, 5.41) is 0. The lowest BCUT2D eigenvalue weighted by Gasteiger charge is -2.16. The van der Waals surface area contributed by atoms with E-state index in [1.165, 1.54) is 0 Å². The molecular formula is C11H14N2O2. The van der Waals surface area contributed by atoms with E-state index in [0.29, 0.717) is 6.61 Å². The van der Waals surface area contributed by atoms with Crippen molar-refractivity contribution in [1.82, 2.24) is 5.43 Å². The summed E-state index contributed by atoms with van der Waals surface area (Å²) >= 11 is 0. The first kappa shape index (κ1) is 10.1. The SMILES string of the molecule is NNC(=O)[C@@H]1CCO[C@@H]1c1ccccc1. The number of carbonyl (C=O) groups is 1. The van der Waals surface area contributed by atoms with Gasteiger partial charge in [-0.2, -0.15) is 0 Å². The number of nitrogens with one attached hydrogen (secondary N) is 1. The van der Waals surface area contributed by atoms with Crippen molar-refractivity contribution in [3.8, 4) is 0 Å². The van der Waals surface area contributed by atoms with Crippen molar-refractivity contribution < 1.29 is 9.53 Å². The molecule has 1 heterocycles. The molecule has 0 radical (unpaired) electrons. The lowest BCUT2D eigenvalue weighted by atomic mass is 9.95. The Bertz CT molecular complexity index is 340. The van der Waals surface area contributed by atoms with Crippen LogP contribution in [0.25, 0.3) is 0 Å². The first-order chi connectivity index (χ1) is 7.33. The molecule has 0 aromatic heterocycles. The predicted molar refractivity (Wildman–Crippen MR) is 55.6 cm³/mol. The van der Waals surface area contributed by atoms with E-state index in [-0.39, 0.29) is 17.9 Å². The third-order valence-corrected chi connectivity index (χ3v) is 2.70. The lowest BCUT2D eigenvalue weighted by Crippen LogP contribution is -2.37. The van der Waals surface area contributed by atoms with Crippen molar-refractivity contribution in [1.29, 1.82) is 0 Å². The fraction of sp³-hybridized carbons (Fsp3) is 0.364. The van der Waals surface area contributed by atoms with Crippen molar-refractivity contribution >= 4 is 5.91 Å². The second-order valence-corrected chi connectivity index (χ2v) is 3.61. The van der Waals surface area contributed by atoms with Gasteiger partial charge in [0.05, 0.1) is 12.0 Å². The Morgan fingerprint density at radius 3 is 2.80 bits per heavy atom. The highest BCUT2D eigenvalue weighted by Crippen LogP contribution is 2.34. The van der Waals surface area contributed by atoms with Gasteiger partial charge in [-0.15, -0.1) is 0 Å². The maximum Gasteiger partial charge on any atom is 0.240 e. The average molecular weight is 206 g/mol. The number of hydrazine groups is 1. The number of hydrogen-bond donors (Lipinski definition) is 2. The second-order valence-electron chi connectivity index (χ2n) is 3.61. The molecule has 1 amide bonds. The standard InChI is InChI=1S/C11H14N2O2/c12-13-11(14)9-6-7-15-10(9)8-4-2-1-3-5-8/h1-5,9-10H,6-7,12H2,(H,13,14)/t9-,10-/m1/s1. The van der Waals surface area contributed by atoms with Crippen LogP contribution in [-0.2, 0) is 9.53 Å². The van der Waals surface area contributed by atoms with E-state index < -0.39 is 0 Å². The Morgan fingerprint density at radius 2 is 2.13 bits per heavy atom. The fourth-order valence-corrected chi connectivity index (χ4v) is 1.94. The summed E-state index contributed by atoms with van der Waals surface area (Å²) in [7, 11) is 0. The molecule has 15 heavy (non-hydrogen) atoms. The monoisotopic (exact) mass is 206 g/mol. The van der Waals surface area contributed by atoms with E-state index in [2.05, 4.69) is 5.43 Å². The second kappa shape index (κ2) is 4.42. The van der Waals surface area contributed by atoms with Crippen molar-refractivity contribution in [3.05, 3.63) is 35.9 Å². The van der Waals surface area contributed by atoms with Crippen LogP contribution >= 0.6 is 0 Å². The number of hydrogen-bond acceptors (Lipinski definition) is 3. The van der Waals surface area contributed by atoms with Gasteiger partial charge in [0.15, 0.2) is 0 Å². The summed E-state index contributed by atoms with van der Waals surface area (Å²) in [5.74, 6) is 4.82. The molecule has 1 aliphatic heterocycles. The van der Waals surface area contributed by atoms with Crippen LogP contribution < -0.4 is 11.3 Å². The molecular weight excluding hydrogens is 192 g/mol. The van der Waals surface area contributed by atoms with Gasteiger partial charge in [0.2, 0.25) is 5.91 Å². The quantitative estimate of drug-likeness (QED) is 0.426. The number of ether oxygens (including phenoxy) is 1. The molecule has 3 N–H and O–H groups in total. The van der Waals surface area contributed by atoms with Gasteiger partial charge in [-0.25, -0.2) is 5.84 Å². The summed E-state index contributed by atoms with van der Waals surface area (Å²) in [4.78, 5) is 11.5. The molecule has 1 aliphatic rings. The molecule has 2 atom stereocenters. The Balaban J connectivity index is 2.18. The van der Waals surface area contributed by atoms with Crippen LogP contribution in [0.4, 0.5) is 0 Å². The fourth-order valence-electron chi connectivity index (χ4n) is 1.94. The highest BCUT2D eigenvalue weighted by Gasteiger charge is 2.34. The van der Waals surface area contributed by atoms with Crippen LogP contribution in [-0.4, -0.2) is 12.5 Å². The Morgan fingerprint density at radius 1 is 1.40 bits per heavy atom. The summed E-state index contributed by atoms with van der Waals surface area (Å²) in [5.41, 5.74) is 3.22. The molecule has 4 nitrogen and oxygen atoms in total. The number of nitrogens with two attached hydrogens (primary N) is 1. The van der Waals surface area contributed by atoms with Crippen LogP contribution in [0.1, 0.15) is 18.1 Å². The van der Waals surface area contributed by atoms with Crippen molar-refractivity contribution in [2.75, 3.05) is 6.61 Å². The summed E-state index contributed by atoms with van der Waals surface area (Å²) in [6, 6.07) is 9.75. The van der Waals surface area contributed by atoms with E-state index >= 15 is 0 Å². The van der Waals surface area contributed by atoms with E-state index in [0.717, 1.165) is 12.0 Å². The number of carbonyl (C=O) groups excluding carboxylic acids is 1. The maximum atomic E-state index is 11.5. The van der Waals surface area contributed by atoms with Crippen LogP contribution in [0, 0.1) is 5.92 Å². The molecule has 4 heteroatoms. The molecule has 0 aliphatic carbocycles. The normalized spacial score (nSPS) is 25.1. The molecule has 1 fully saturated rings. The van der Waals surface area contributed by atoms with Gasteiger partial charge in [-0.1, -0.05) is 30.3 Å². The van der Waals surface area contributed by atoms with E-state index in [1.807, 2.05) is 30.3 Å². The third-order valence-electron chi connectivity index (χ3n) is 2.70. The minimum atomic E-state index is -0.169. The molecule has 0 spiro atoms. The zero-order chi connectivity index (χ0) is 10.7. The molecule has 2 rings (SSSR count). The van der Waals surface area contributed by atoms with Gasteiger partial charge < -0.3 is 4.74 Å². The van der Waals surface area contributed by atoms with E-state index in [1.54, 1.807) is 0 Å². The van der Waals surface area contributed by atoms with Crippen molar-refractivity contribution in [3.63, 3.8) is 0 Å². The first-order valence-corrected chi connectivity index (χ1v) is 5.00. The van der Waals surface area contributed by atoms with E-state index in [9.17, 15) is 4.79 Å². The largest absolute Gasteiger partial charge is 0.373 e. The number of benzene rings is 1. The van der Waals surface area contributed by atoms with Crippen LogP contribution in [0.2, 0.25) is 0 Å². The third kappa shape index (κ3) is 2.00. The van der Waals surface area contributed by atoms with Gasteiger partial charge in [0.1, 0.15) is 0 Å². The lowest BCUT2D eigenvalue weighted by molar-refractivity contribution is -0.126. The Labute approximate surface area is 88.4 Å². The highest BCUT2D eigenvalue weighted by atomic mass is 16.5.